The molecule has 0 heterocycles. The Hall–Kier alpha value is -0.300. The molecule has 0 rings (SSSR count). The van der Waals surface area contributed by atoms with Crippen molar-refractivity contribution in [3.63, 3.8) is 0 Å². The number of halogens is 1. The summed E-state index contributed by atoms with van der Waals surface area (Å²) in [5, 5.41) is -0.232. The summed E-state index contributed by atoms with van der Waals surface area (Å²) in [7, 11) is 0. The summed E-state index contributed by atoms with van der Waals surface area (Å²) in [5.41, 5.74) is 0. The maximum absolute atomic E-state index is 10.5. The van der Waals surface area contributed by atoms with Crippen molar-refractivity contribution in [1.82, 2.24) is 0 Å². The molecule has 0 amide bonds. The number of rotatable bonds is 15. The van der Waals surface area contributed by atoms with Crippen LogP contribution in [0.25, 0.3) is 0 Å². The van der Waals surface area contributed by atoms with Gasteiger partial charge < -0.3 is 0 Å². The molecule has 0 N–H and O–H groups in total. The van der Waals surface area contributed by atoms with Crippen molar-refractivity contribution in [1.29, 1.82) is 0 Å². The minimum atomic E-state index is -0.232. The van der Waals surface area contributed by atoms with Gasteiger partial charge in [0, 0.05) is 6.42 Å². The van der Waals surface area contributed by atoms with Crippen LogP contribution in [0.4, 0.5) is 0 Å². The molecule has 118 valence electrons. The second kappa shape index (κ2) is 16.8. The van der Waals surface area contributed by atoms with Crippen LogP contribution < -0.4 is 0 Å². The van der Waals surface area contributed by atoms with Gasteiger partial charge in [-0.15, -0.1) is 0 Å². The van der Waals surface area contributed by atoms with Gasteiger partial charge in [-0.3, -0.25) is 4.79 Å². The van der Waals surface area contributed by atoms with E-state index in [1.165, 1.54) is 70.6 Å². The van der Waals surface area contributed by atoms with E-state index in [0.29, 0.717) is 6.42 Å². The molecular weight excluding hydrogens is 268 g/mol. The van der Waals surface area contributed by atoms with Crippen LogP contribution in [-0.2, 0) is 4.79 Å². The van der Waals surface area contributed by atoms with Gasteiger partial charge in [-0.25, -0.2) is 0 Å². The van der Waals surface area contributed by atoms with Crippen molar-refractivity contribution < 1.29 is 4.79 Å². The summed E-state index contributed by atoms with van der Waals surface area (Å²) in [6, 6.07) is 0. The lowest BCUT2D eigenvalue weighted by molar-refractivity contribution is -0.111. The van der Waals surface area contributed by atoms with Crippen LogP contribution in [0, 0.1) is 0 Å². The number of carbonyl (C=O) groups is 1. The molecule has 0 aromatic rings. The topological polar surface area (TPSA) is 17.1 Å². The largest absolute Gasteiger partial charge is 0.281 e. The van der Waals surface area contributed by atoms with E-state index in [9.17, 15) is 4.79 Å². The normalized spacial score (nSPS) is 11.3. The fourth-order valence-corrected chi connectivity index (χ4v) is 2.47. The quantitative estimate of drug-likeness (QED) is 0.185. The SMILES string of the molecule is CCCCCCCCCCCCC/C=C/CCC(=O)Cl. The third-order valence-electron chi connectivity index (χ3n) is 3.65. The minimum Gasteiger partial charge on any atom is -0.281 e. The highest BCUT2D eigenvalue weighted by atomic mass is 35.5. The zero-order valence-electron chi connectivity index (χ0n) is 13.3. The van der Waals surface area contributed by atoms with Crippen molar-refractivity contribution in [3.05, 3.63) is 12.2 Å². The Labute approximate surface area is 131 Å². The van der Waals surface area contributed by atoms with Crippen LogP contribution in [0.1, 0.15) is 96.8 Å². The Morgan fingerprint density at radius 2 is 1.20 bits per heavy atom. The molecule has 0 aliphatic rings. The molecular formula is C18H33ClO. The second-order valence-corrected chi connectivity index (χ2v) is 6.11. The molecule has 0 spiro atoms. The van der Waals surface area contributed by atoms with Crippen molar-refractivity contribution in [2.24, 2.45) is 0 Å². The summed E-state index contributed by atoms with van der Waals surface area (Å²) in [5.74, 6) is 0. The smallest absolute Gasteiger partial charge is 0.221 e. The van der Waals surface area contributed by atoms with Crippen LogP contribution in [0.15, 0.2) is 12.2 Å². The number of hydrogen-bond acceptors (Lipinski definition) is 1. The number of hydrogen-bond donors (Lipinski definition) is 0. The van der Waals surface area contributed by atoms with E-state index in [2.05, 4.69) is 19.1 Å². The monoisotopic (exact) mass is 300 g/mol. The molecule has 0 radical (unpaired) electrons. The molecule has 0 aliphatic heterocycles. The minimum absolute atomic E-state index is 0.232. The predicted molar refractivity (Wildman–Crippen MR) is 90.3 cm³/mol. The first-order chi connectivity index (χ1) is 9.77. The molecule has 0 atom stereocenters. The van der Waals surface area contributed by atoms with Crippen LogP contribution in [-0.4, -0.2) is 5.24 Å². The van der Waals surface area contributed by atoms with Gasteiger partial charge >= 0.3 is 0 Å². The van der Waals surface area contributed by atoms with E-state index in [-0.39, 0.29) is 5.24 Å². The van der Waals surface area contributed by atoms with E-state index in [4.69, 9.17) is 11.6 Å². The van der Waals surface area contributed by atoms with Crippen LogP contribution in [0.2, 0.25) is 0 Å². The maximum Gasteiger partial charge on any atom is 0.221 e. The highest BCUT2D eigenvalue weighted by Crippen LogP contribution is 2.12. The van der Waals surface area contributed by atoms with Crippen LogP contribution in [0.5, 0.6) is 0 Å². The van der Waals surface area contributed by atoms with Gasteiger partial charge in [-0.1, -0.05) is 83.3 Å². The zero-order valence-corrected chi connectivity index (χ0v) is 14.1. The summed E-state index contributed by atoms with van der Waals surface area (Å²) in [4.78, 5) is 10.5. The third kappa shape index (κ3) is 17.7. The maximum atomic E-state index is 10.5. The first-order valence-corrected chi connectivity index (χ1v) is 8.98. The van der Waals surface area contributed by atoms with E-state index in [1.54, 1.807) is 0 Å². The molecule has 2 heteroatoms. The fraction of sp³-hybridized carbons (Fsp3) is 0.833. The van der Waals surface area contributed by atoms with Gasteiger partial charge in [-0.2, -0.15) is 0 Å². The summed E-state index contributed by atoms with van der Waals surface area (Å²) in [6.45, 7) is 2.27. The highest BCUT2D eigenvalue weighted by molar-refractivity contribution is 6.63. The molecule has 1 nitrogen and oxygen atoms in total. The highest BCUT2D eigenvalue weighted by Gasteiger charge is 1.93. The van der Waals surface area contributed by atoms with Gasteiger partial charge in [0.1, 0.15) is 0 Å². The van der Waals surface area contributed by atoms with Gasteiger partial charge in [0.2, 0.25) is 5.24 Å². The second-order valence-electron chi connectivity index (χ2n) is 5.69. The van der Waals surface area contributed by atoms with Crippen molar-refractivity contribution in [3.8, 4) is 0 Å². The summed E-state index contributed by atoms with van der Waals surface area (Å²) < 4.78 is 0. The molecule has 0 aromatic carbocycles. The number of carbonyl (C=O) groups excluding carboxylic acids is 1. The van der Waals surface area contributed by atoms with Crippen molar-refractivity contribution in [2.75, 3.05) is 0 Å². The molecule has 0 saturated carbocycles. The van der Waals surface area contributed by atoms with E-state index >= 15 is 0 Å². The van der Waals surface area contributed by atoms with Gasteiger partial charge in [-0.05, 0) is 30.9 Å². The molecule has 20 heavy (non-hydrogen) atoms. The number of unbranched alkanes of at least 4 members (excludes halogenated alkanes) is 11. The van der Waals surface area contributed by atoms with Gasteiger partial charge in [0.05, 0.1) is 0 Å². The molecule has 0 unspecified atom stereocenters. The Bertz CT molecular complexity index is 236. The standard InChI is InChI=1S/C18H33ClO/c1-2-3-4-5-6-7-8-9-10-11-12-13-14-15-16-17-18(19)20/h14-15H,2-13,16-17H2,1H3/b15-14+. The lowest BCUT2D eigenvalue weighted by atomic mass is 10.1. The lowest BCUT2D eigenvalue weighted by Gasteiger charge is -2.01. The Morgan fingerprint density at radius 1 is 0.750 bits per heavy atom. The van der Waals surface area contributed by atoms with Crippen molar-refractivity contribution in [2.45, 2.75) is 96.8 Å². The van der Waals surface area contributed by atoms with E-state index < -0.39 is 0 Å². The molecule has 0 saturated heterocycles. The Kier molecular flexibility index (Phi) is 16.5. The summed E-state index contributed by atoms with van der Waals surface area (Å²) in [6.07, 6.45) is 22.0. The van der Waals surface area contributed by atoms with E-state index in [1.807, 2.05) is 0 Å². The first kappa shape index (κ1) is 19.7. The Balaban J connectivity index is 3.04. The predicted octanol–water partition coefficient (Wildman–Crippen LogP) is 6.79. The molecule has 0 aromatic heterocycles. The fourth-order valence-electron chi connectivity index (χ4n) is 2.36. The van der Waals surface area contributed by atoms with E-state index in [0.717, 1.165) is 12.8 Å². The molecule has 0 bridgehead atoms. The molecule has 0 fully saturated rings. The number of allylic oxidation sites excluding steroid dienone is 2. The van der Waals surface area contributed by atoms with Crippen molar-refractivity contribution >= 4 is 16.8 Å². The summed E-state index contributed by atoms with van der Waals surface area (Å²) >= 11 is 5.26. The van der Waals surface area contributed by atoms with Crippen LogP contribution in [0.3, 0.4) is 0 Å². The average Bonchev–Trinajstić information content (AvgIpc) is 2.43. The first-order valence-electron chi connectivity index (χ1n) is 8.60. The average molecular weight is 301 g/mol. The Morgan fingerprint density at radius 3 is 1.70 bits per heavy atom. The van der Waals surface area contributed by atoms with Crippen LogP contribution >= 0.6 is 11.6 Å². The molecule has 0 aliphatic carbocycles. The zero-order chi connectivity index (χ0) is 14.9. The van der Waals surface area contributed by atoms with Gasteiger partial charge in [0.15, 0.2) is 0 Å². The van der Waals surface area contributed by atoms with Gasteiger partial charge in [0.25, 0.3) is 0 Å². The third-order valence-corrected chi connectivity index (χ3v) is 3.84. The lowest BCUT2D eigenvalue weighted by Crippen LogP contribution is -1.83.